The van der Waals surface area contributed by atoms with Crippen molar-refractivity contribution in [1.82, 2.24) is 14.8 Å². The van der Waals surface area contributed by atoms with Crippen LogP contribution in [-0.2, 0) is 13.0 Å². The van der Waals surface area contributed by atoms with Crippen molar-refractivity contribution >= 4 is 23.1 Å². The maximum atomic E-state index is 4.26. The Morgan fingerprint density at radius 2 is 2.05 bits per heavy atom. The number of nitrogens with zero attached hydrogens (tertiary/aromatic N) is 3. The zero-order chi connectivity index (χ0) is 14.5. The van der Waals surface area contributed by atoms with Crippen molar-refractivity contribution in [2.45, 2.75) is 30.3 Å². The van der Waals surface area contributed by atoms with E-state index in [-0.39, 0.29) is 0 Å². The van der Waals surface area contributed by atoms with Gasteiger partial charge in [0, 0.05) is 16.7 Å². The summed E-state index contributed by atoms with van der Waals surface area (Å²) >= 11 is 3.56. The summed E-state index contributed by atoms with van der Waals surface area (Å²) < 4.78 is 2.14. The molecule has 0 bridgehead atoms. The third-order valence-corrected chi connectivity index (χ3v) is 5.40. The summed E-state index contributed by atoms with van der Waals surface area (Å²) in [4.78, 5) is 1.40. The molecule has 0 fully saturated rings. The van der Waals surface area contributed by atoms with Crippen LogP contribution in [0, 0.1) is 0 Å². The zero-order valence-electron chi connectivity index (χ0n) is 11.8. The Kier molecular flexibility index (Phi) is 4.72. The largest absolute Gasteiger partial charge is 0.308 e. The molecule has 5 heteroatoms. The Morgan fingerprint density at radius 3 is 2.81 bits per heavy atom. The van der Waals surface area contributed by atoms with Crippen LogP contribution >= 0.6 is 23.1 Å². The Hall–Kier alpha value is -1.59. The number of thiophene rings is 1. The highest BCUT2D eigenvalue weighted by Gasteiger charge is 2.12. The minimum absolute atomic E-state index is 0.371. The van der Waals surface area contributed by atoms with Gasteiger partial charge in [-0.15, -0.1) is 21.5 Å². The second-order valence-corrected chi connectivity index (χ2v) is 7.15. The average Bonchev–Trinajstić information content (AvgIpc) is 3.17. The fourth-order valence-electron chi connectivity index (χ4n) is 2.12. The summed E-state index contributed by atoms with van der Waals surface area (Å²) in [7, 11) is 0. The van der Waals surface area contributed by atoms with Gasteiger partial charge in [-0.1, -0.05) is 48.2 Å². The lowest BCUT2D eigenvalue weighted by atomic mass is 10.2. The first-order valence-electron chi connectivity index (χ1n) is 6.95. The highest BCUT2D eigenvalue weighted by molar-refractivity contribution is 7.99. The molecule has 3 nitrogen and oxygen atoms in total. The second kappa shape index (κ2) is 6.91. The molecule has 0 spiro atoms. The highest BCUT2D eigenvalue weighted by atomic mass is 32.2. The van der Waals surface area contributed by atoms with Gasteiger partial charge >= 0.3 is 0 Å². The molecule has 1 unspecified atom stereocenters. The van der Waals surface area contributed by atoms with Crippen LogP contribution in [0.25, 0.3) is 0 Å². The quantitative estimate of drug-likeness (QED) is 0.630. The molecule has 0 aliphatic heterocycles. The summed E-state index contributed by atoms with van der Waals surface area (Å²) in [5.41, 5.74) is 1.32. The van der Waals surface area contributed by atoms with Crippen molar-refractivity contribution in [3.05, 3.63) is 64.6 Å². The third kappa shape index (κ3) is 3.74. The van der Waals surface area contributed by atoms with Gasteiger partial charge < -0.3 is 4.57 Å². The molecule has 2 heterocycles. The number of aryl methyl sites for hydroxylation is 2. The van der Waals surface area contributed by atoms with E-state index >= 15 is 0 Å². The van der Waals surface area contributed by atoms with Gasteiger partial charge in [-0.05, 0) is 30.4 Å². The summed E-state index contributed by atoms with van der Waals surface area (Å²) in [6.45, 7) is 3.13. The smallest absolute Gasteiger partial charge is 0.191 e. The van der Waals surface area contributed by atoms with Crippen molar-refractivity contribution < 1.29 is 0 Å². The first kappa shape index (κ1) is 14.4. The zero-order valence-corrected chi connectivity index (χ0v) is 13.5. The van der Waals surface area contributed by atoms with Crippen LogP contribution in [0.3, 0.4) is 0 Å². The average molecular weight is 315 g/mol. The van der Waals surface area contributed by atoms with Gasteiger partial charge in [0.05, 0.1) is 0 Å². The van der Waals surface area contributed by atoms with Crippen molar-refractivity contribution in [2.75, 3.05) is 0 Å². The van der Waals surface area contributed by atoms with Crippen LogP contribution in [0.5, 0.6) is 0 Å². The summed E-state index contributed by atoms with van der Waals surface area (Å²) in [5.74, 6) is 0. The van der Waals surface area contributed by atoms with Crippen LogP contribution in [0.15, 0.2) is 59.3 Å². The van der Waals surface area contributed by atoms with Gasteiger partial charge in [-0.2, -0.15) is 0 Å². The van der Waals surface area contributed by atoms with Crippen LogP contribution in [0.2, 0.25) is 0 Å². The minimum Gasteiger partial charge on any atom is -0.308 e. The van der Waals surface area contributed by atoms with E-state index in [9.17, 15) is 0 Å². The van der Waals surface area contributed by atoms with Crippen LogP contribution in [-0.4, -0.2) is 14.8 Å². The van der Waals surface area contributed by atoms with E-state index in [0.29, 0.717) is 5.25 Å². The molecular formula is C16H17N3S2. The van der Waals surface area contributed by atoms with Crippen LogP contribution in [0.1, 0.15) is 22.6 Å². The highest BCUT2D eigenvalue weighted by Crippen LogP contribution is 2.33. The summed E-state index contributed by atoms with van der Waals surface area (Å²) in [6.07, 6.45) is 2.86. The molecule has 0 amide bonds. The Balaban J connectivity index is 1.65. The van der Waals surface area contributed by atoms with Gasteiger partial charge in [-0.25, -0.2) is 0 Å². The van der Waals surface area contributed by atoms with E-state index in [1.165, 1.54) is 10.4 Å². The molecule has 0 aliphatic carbocycles. The van der Waals surface area contributed by atoms with Gasteiger partial charge in [0.15, 0.2) is 5.16 Å². The lowest BCUT2D eigenvalue weighted by Gasteiger charge is -2.11. The summed E-state index contributed by atoms with van der Waals surface area (Å²) in [6, 6.07) is 14.8. The number of aromatic nitrogens is 3. The van der Waals surface area contributed by atoms with Gasteiger partial charge in [0.1, 0.15) is 6.33 Å². The molecule has 0 saturated heterocycles. The molecule has 2 aromatic heterocycles. The fourth-order valence-corrected chi connectivity index (χ4v) is 3.80. The van der Waals surface area contributed by atoms with Crippen molar-refractivity contribution in [2.24, 2.45) is 0 Å². The monoisotopic (exact) mass is 315 g/mol. The SMILES string of the molecule is CC(Sc1nncn1CCc1cccs1)c1ccccc1. The van der Waals surface area contributed by atoms with Crippen molar-refractivity contribution in [3.63, 3.8) is 0 Å². The minimum atomic E-state index is 0.371. The molecule has 3 rings (SSSR count). The molecule has 0 saturated carbocycles. The third-order valence-electron chi connectivity index (χ3n) is 3.31. The van der Waals surface area contributed by atoms with E-state index in [4.69, 9.17) is 0 Å². The molecular weight excluding hydrogens is 298 g/mol. The maximum absolute atomic E-state index is 4.26. The van der Waals surface area contributed by atoms with E-state index in [2.05, 4.69) is 63.5 Å². The number of hydrogen-bond donors (Lipinski definition) is 0. The Bertz CT molecular complexity index is 662. The Morgan fingerprint density at radius 1 is 1.19 bits per heavy atom. The van der Waals surface area contributed by atoms with E-state index < -0.39 is 0 Å². The molecule has 0 radical (unpaired) electrons. The standard InChI is InChI=1S/C16H17N3S2/c1-13(14-6-3-2-4-7-14)21-16-18-17-12-19(16)10-9-15-8-5-11-20-15/h2-8,11-13H,9-10H2,1H3. The number of benzene rings is 1. The van der Waals surface area contributed by atoms with Gasteiger partial charge in [0.25, 0.3) is 0 Å². The first-order chi connectivity index (χ1) is 10.3. The normalized spacial score (nSPS) is 12.4. The van der Waals surface area contributed by atoms with E-state index in [0.717, 1.165) is 18.1 Å². The number of thioether (sulfide) groups is 1. The lowest BCUT2D eigenvalue weighted by Crippen LogP contribution is -2.02. The van der Waals surface area contributed by atoms with Crippen molar-refractivity contribution in [3.8, 4) is 0 Å². The van der Waals surface area contributed by atoms with Crippen LogP contribution < -0.4 is 0 Å². The fraction of sp³-hybridized carbons (Fsp3) is 0.250. The molecule has 108 valence electrons. The van der Waals surface area contributed by atoms with Gasteiger partial charge in [0.2, 0.25) is 0 Å². The van der Waals surface area contributed by atoms with E-state index in [1.54, 1.807) is 23.1 Å². The van der Waals surface area contributed by atoms with Crippen LogP contribution in [0.4, 0.5) is 0 Å². The molecule has 3 aromatic rings. The predicted molar refractivity (Wildman–Crippen MR) is 88.8 cm³/mol. The summed E-state index contributed by atoms with van der Waals surface area (Å²) in [5, 5.41) is 11.8. The second-order valence-electron chi connectivity index (χ2n) is 4.81. The first-order valence-corrected chi connectivity index (χ1v) is 8.70. The molecule has 1 aromatic carbocycles. The predicted octanol–water partition coefficient (Wildman–Crippen LogP) is 4.44. The Labute approximate surface area is 133 Å². The van der Waals surface area contributed by atoms with Crippen molar-refractivity contribution in [1.29, 1.82) is 0 Å². The maximum Gasteiger partial charge on any atom is 0.191 e. The van der Waals surface area contributed by atoms with E-state index in [1.807, 2.05) is 12.4 Å². The topological polar surface area (TPSA) is 30.7 Å². The van der Waals surface area contributed by atoms with Gasteiger partial charge in [-0.3, -0.25) is 0 Å². The molecule has 0 N–H and O–H groups in total. The molecule has 21 heavy (non-hydrogen) atoms. The lowest BCUT2D eigenvalue weighted by molar-refractivity contribution is 0.636. The molecule has 0 aliphatic rings. The molecule has 1 atom stereocenters. The number of rotatable bonds is 6. The number of hydrogen-bond acceptors (Lipinski definition) is 4.